The van der Waals surface area contributed by atoms with Crippen molar-refractivity contribution in [2.24, 2.45) is 5.92 Å². The van der Waals surface area contributed by atoms with Gasteiger partial charge in [-0.3, -0.25) is 4.89 Å². The van der Waals surface area contributed by atoms with E-state index in [4.69, 9.17) is 4.74 Å². The minimum absolute atomic E-state index is 0.0805. The molecule has 7 heteroatoms. The fraction of sp³-hybridized carbons (Fsp3) is 0.857. The molecular weight excluding hydrogens is 278 g/mol. The highest BCUT2D eigenvalue weighted by Gasteiger charge is 2.28. The number of ether oxygens (including phenoxy) is 2. The van der Waals surface area contributed by atoms with Crippen LogP contribution in [-0.2, 0) is 24.0 Å². The fourth-order valence-electron chi connectivity index (χ4n) is 2.05. The number of nitrogens with zero attached hydrogens (tertiary/aromatic N) is 1. The third-order valence-corrected chi connectivity index (χ3v) is 3.04. The summed E-state index contributed by atoms with van der Waals surface area (Å²) in [6.07, 6.45) is 1.48. The zero-order valence-corrected chi connectivity index (χ0v) is 13.2. The molecule has 0 atom stereocenters. The molecule has 0 aromatic carbocycles. The molecule has 1 heterocycles. The summed E-state index contributed by atoms with van der Waals surface area (Å²) in [5.74, 6) is -0.218. The van der Waals surface area contributed by atoms with Gasteiger partial charge in [0.2, 0.25) is 0 Å². The number of hydrogen-bond donors (Lipinski definition) is 0. The fourth-order valence-corrected chi connectivity index (χ4v) is 2.05. The van der Waals surface area contributed by atoms with Crippen LogP contribution in [0.3, 0.4) is 0 Å². The third-order valence-electron chi connectivity index (χ3n) is 3.04. The van der Waals surface area contributed by atoms with Crippen LogP contribution in [0.2, 0.25) is 0 Å². The van der Waals surface area contributed by atoms with Crippen LogP contribution in [-0.4, -0.2) is 49.6 Å². The zero-order valence-electron chi connectivity index (χ0n) is 13.2. The molecule has 0 bridgehead atoms. The van der Waals surface area contributed by atoms with Gasteiger partial charge in [-0.1, -0.05) is 0 Å². The van der Waals surface area contributed by atoms with Crippen molar-refractivity contribution in [2.75, 3.05) is 27.0 Å². The van der Waals surface area contributed by atoms with Gasteiger partial charge < -0.3 is 14.4 Å². The van der Waals surface area contributed by atoms with Gasteiger partial charge in [0.15, 0.2) is 6.79 Å². The van der Waals surface area contributed by atoms with Gasteiger partial charge in [0.25, 0.3) is 0 Å². The Morgan fingerprint density at radius 2 is 1.81 bits per heavy atom. The van der Waals surface area contributed by atoms with Crippen LogP contribution >= 0.6 is 0 Å². The zero-order chi connectivity index (χ0) is 15.9. The summed E-state index contributed by atoms with van der Waals surface area (Å²) in [4.78, 5) is 34.2. The maximum absolute atomic E-state index is 11.9. The maximum Gasteiger partial charge on any atom is 0.410 e. The van der Waals surface area contributed by atoms with Gasteiger partial charge in [-0.05, 0) is 39.5 Å². The number of likely N-dealkylation sites (tertiary alicyclic amines) is 1. The lowest BCUT2D eigenvalue weighted by atomic mass is 9.94. The predicted molar refractivity (Wildman–Crippen MR) is 74.2 cm³/mol. The van der Waals surface area contributed by atoms with Crippen LogP contribution in [0.25, 0.3) is 0 Å². The molecular formula is C14H25NO6. The molecule has 1 fully saturated rings. The average Bonchev–Trinajstić information content (AvgIpc) is 2.38. The van der Waals surface area contributed by atoms with Gasteiger partial charge >= 0.3 is 12.1 Å². The van der Waals surface area contributed by atoms with E-state index in [-0.39, 0.29) is 25.2 Å². The highest BCUT2D eigenvalue weighted by atomic mass is 17.2. The molecule has 1 rings (SSSR count). The monoisotopic (exact) mass is 303 g/mol. The van der Waals surface area contributed by atoms with E-state index in [0.717, 1.165) is 12.8 Å². The van der Waals surface area contributed by atoms with Crippen LogP contribution < -0.4 is 0 Å². The molecule has 122 valence electrons. The van der Waals surface area contributed by atoms with Crippen molar-refractivity contribution in [1.82, 2.24) is 4.90 Å². The average molecular weight is 303 g/mol. The molecule has 0 aromatic heterocycles. The van der Waals surface area contributed by atoms with Crippen molar-refractivity contribution in [1.29, 1.82) is 0 Å². The number of hydrogen-bond acceptors (Lipinski definition) is 6. The van der Waals surface area contributed by atoms with E-state index in [0.29, 0.717) is 13.1 Å². The third kappa shape index (κ3) is 7.29. The largest absolute Gasteiger partial charge is 0.444 e. The first-order valence-electron chi connectivity index (χ1n) is 7.11. The maximum atomic E-state index is 11.9. The Bertz CT molecular complexity index is 344. The summed E-state index contributed by atoms with van der Waals surface area (Å²) in [6.45, 7) is 6.62. The lowest BCUT2D eigenvalue weighted by Crippen LogP contribution is -2.42. The van der Waals surface area contributed by atoms with Gasteiger partial charge in [-0.2, -0.15) is 4.89 Å². The lowest BCUT2D eigenvalue weighted by molar-refractivity contribution is -0.307. The van der Waals surface area contributed by atoms with Crippen LogP contribution in [0.15, 0.2) is 0 Å². The number of rotatable bonds is 5. The SMILES string of the molecule is COCOOC(=O)CC1CCN(C(=O)OC(C)(C)C)CC1. The van der Waals surface area contributed by atoms with Gasteiger partial charge in [0.05, 0.1) is 6.42 Å². The number of amides is 1. The molecule has 0 saturated carbocycles. The van der Waals surface area contributed by atoms with Crippen molar-refractivity contribution in [3.8, 4) is 0 Å². The van der Waals surface area contributed by atoms with E-state index < -0.39 is 11.6 Å². The molecule has 0 spiro atoms. The van der Waals surface area contributed by atoms with Crippen molar-refractivity contribution in [3.05, 3.63) is 0 Å². The minimum Gasteiger partial charge on any atom is -0.444 e. The van der Waals surface area contributed by atoms with Crippen LogP contribution in [0.1, 0.15) is 40.0 Å². The van der Waals surface area contributed by atoms with E-state index in [1.54, 1.807) is 4.90 Å². The number of carbonyl (C=O) groups excluding carboxylic acids is 2. The molecule has 0 aromatic rings. The van der Waals surface area contributed by atoms with Crippen molar-refractivity contribution in [3.63, 3.8) is 0 Å². The lowest BCUT2D eigenvalue weighted by Gasteiger charge is -2.33. The Morgan fingerprint density at radius 1 is 1.19 bits per heavy atom. The Balaban J connectivity index is 2.26. The molecule has 0 radical (unpaired) electrons. The van der Waals surface area contributed by atoms with Gasteiger partial charge in [0, 0.05) is 20.2 Å². The van der Waals surface area contributed by atoms with E-state index in [1.165, 1.54) is 7.11 Å². The molecule has 1 saturated heterocycles. The first kappa shape index (κ1) is 17.7. The first-order chi connectivity index (χ1) is 9.81. The quantitative estimate of drug-likeness (QED) is 0.335. The summed E-state index contributed by atoms with van der Waals surface area (Å²) in [6, 6.07) is 0. The van der Waals surface area contributed by atoms with E-state index in [2.05, 4.69) is 14.5 Å². The summed E-state index contributed by atoms with van der Waals surface area (Å²) in [5.41, 5.74) is -0.490. The Hall–Kier alpha value is -1.34. The molecule has 0 aliphatic carbocycles. The smallest absolute Gasteiger partial charge is 0.410 e. The van der Waals surface area contributed by atoms with Crippen molar-refractivity contribution < 1.29 is 28.8 Å². The molecule has 21 heavy (non-hydrogen) atoms. The number of methoxy groups -OCH3 is 1. The molecule has 0 N–H and O–H groups in total. The van der Waals surface area contributed by atoms with E-state index in [1.807, 2.05) is 20.8 Å². The molecule has 1 aliphatic rings. The van der Waals surface area contributed by atoms with E-state index >= 15 is 0 Å². The standard InChI is InChI=1S/C14H25NO6/c1-14(2,3)20-13(17)15-7-5-11(6-8-15)9-12(16)21-19-10-18-4/h11H,5-10H2,1-4H3. The summed E-state index contributed by atoms with van der Waals surface area (Å²) in [7, 11) is 1.44. The molecule has 1 aliphatic heterocycles. The topological polar surface area (TPSA) is 74.3 Å². The molecule has 7 nitrogen and oxygen atoms in total. The van der Waals surface area contributed by atoms with Gasteiger partial charge in [0.1, 0.15) is 5.60 Å². The second kappa shape index (κ2) is 8.19. The van der Waals surface area contributed by atoms with Crippen LogP contribution in [0.5, 0.6) is 0 Å². The minimum atomic E-state index is -0.490. The second-order valence-electron chi connectivity index (χ2n) is 6.09. The van der Waals surface area contributed by atoms with Crippen molar-refractivity contribution in [2.45, 2.75) is 45.6 Å². The normalized spacial score (nSPS) is 16.7. The Labute approximate surface area is 125 Å². The molecule has 0 unspecified atom stereocenters. The predicted octanol–water partition coefficient (Wildman–Crippen LogP) is 2.10. The van der Waals surface area contributed by atoms with Crippen molar-refractivity contribution >= 4 is 12.1 Å². The van der Waals surface area contributed by atoms with Crippen LogP contribution in [0, 0.1) is 5.92 Å². The Morgan fingerprint density at radius 3 is 2.33 bits per heavy atom. The summed E-state index contributed by atoms with van der Waals surface area (Å²) >= 11 is 0. The van der Waals surface area contributed by atoms with Gasteiger partial charge in [-0.15, -0.1) is 0 Å². The summed E-state index contributed by atoms with van der Waals surface area (Å²) < 4.78 is 9.93. The first-order valence-corrected chi connectivity index (χ1v) is 7.11. The van der Waals surface area contributed by atoms with E-state index in [9.17, 15) is 9.59 Å². The number of piperidine rings is 1. The van der Waals surface area contributed by atoms with Crippen LogP contribution in [0.4, 0.5) is 4.79 Å². The highest BCUT2D eigenvalue weighted by molar-refractivity contribution is 5.69. The highest BCUT2D eigenvalue weighted by Crippen LogP contribution is 2.22. The second-order valence-corrected chi connectivity index (χ2v) is 6.09. The number of carbonyl (C=O) groups is 2. The summed E-state index contributed by atoms with van der Waals surface area (Å²) in [5, 5.41) is 0. The van der Waals surface area contributed by atoms with Gasteiger partial charge in [-0.25, -0.2) is 9.59 Å². The Kier molecular flexibility index (Phi) is 6.91. The molecule has 1 amide bonds.